The number of unbranched alkanes of at least 4 members (excludes halogenated alkanes) is 1. The summed E-state index contributed by atoms with van der Waals surface area (Å²) in [6.07, 6.45) is 7.77. The Morgan fingerprint density at radius 1 is 1.36 bits per heavy atom. The van der Waals surface area contributed by atoms with Crippen molar-refractivity contribution >= 4 is 17.4 Å². The Morgan fingerprint density at radius 3 is 2.75 bits per heavy atom. The molecule has 0 aromatic carbocycles. The molecule has 0 aliphatic heterocycles. The lowest BCUT2D eigenvalue weighted by Crippen LogP contribution is -2.41. The fourth-order valence-electron chi connectivity index (χ4n) is 3.80. The van der Waals surface area contributed by atoms with Crippen LogP contribution in [0.5, 0.6) is 0 Å². The second kappa shape index (κ2) is 8.95. The molecule has 1 fully saturated rings. The third-order valence-electron chi connectivity index (χ3n) is 5.35. The zero-order valence-corrected chi connectivity index (χ0v) is 16.3. The maximum absolute atomic E-state index is 13.1. The molecule has 2 aromatic heterocycles. The number of aromatic nitrogens is 2. The van der Waals surface area contributed by atoms with Gasteiger partial charge in [0.2, 0.25) is 5.91 Å². The maximum Gasteiger partial charge on any atom is 0.330 e. The van der Waals surface area contributed by atoms with E-state index in [0.717, 1.165) is 38.5 Å². The van der Waals surface area contributed by atoms with E-state index in [4.69, 9.17) is 10.2 Å². The molecule has 28 heavy (non-hydrogen) atoms. The number of hydrogen-bond donors (Lipinski definition) is 2. The van der Waals surface area contributed by atoms with Gasteiger partial charge in [-0.05, 0) is 37.3 Å². The second-order valence-corrected chi connectivity index (χ2v) is 7.41. The van der Waals surface area contributed by atoms with Crippen LogP contribution in [-0.2, 0) is 17.9 Å². The van der Waals surface area contributed by atoms with Crippen LogP contribution >= 0.6 is 0 Å². The number of anilines is 2. The first-order valence-electron chi connectivity index (χ1n) is 9.96. The van der Waals surface area contributed by atoms with Crippen molar-refractivity contribution in [2.75, 3.05) is 10.6 Å². The Kier molecular flexibility index (Phi) is 6.38. The molecule has 8 nitrogen and oxygen atoms in total. The molecule has 3 rings (SSSR count). The van der Waals surface area contributed by atoms with E-state index in [1.165, 1.54) is 15.7 Å². The number of carbonyl (C=O) groups excluding carboxylic acids is 1. The highest BCUT2D eigenvalue weighted by Crippen LogP contribution is 2.30. The fraction of sp³-hybridized carbons (Fsp3) is 0.550. The molecule has 3 N–H and O–H groups in total. The summed E-state index contributed by atoms with van der Waals surface area (Å²) in [5, 5.41) is 0. The van der Waals surface area contributed by atoms with Gasteiger partial charge in [0, 0.05) is 13.0 Å². The van der Waals surface area contributed by atoms with Crippen molar-refractivity contribution in [3.63, 3.8) is 0 Å². The number of carbonyl (C=O) groups is 1. The normalized spacial score (nSPS) is 14.5. The topological polar surface area (TPSA) is 114 Å². The van der Waals surface area contributed by atoms with E-state index in [9.17, 15) is 14.4 Å². The Bertz CT molecular complexity index is 907. The van der Waals surface area contributed by atoms with E-state index in [2.05, 4.69) is 4.98 Å². The lowest BCUT2D eigenvalue weighted by atomic mass is 10.0. The summed E-state index contributed by atoms with van der Waals surface area (Å²) in [7, 11) is 0. The third kappa shape index (κ3) is 4.37. The molecule has 0 radical (unpaired) electrons. The van der Waals surface area contributed by atoms with Gasteiger partial charge < -0.3 is 10.2 Å². The number of hydrogen-bond acceptors (Lipinski definition) is 5. The number of nitrogen functional groups attached to an aromatic ring is 1. The average molecular weight is 388 g/mol. The van der Waals surface area contributed by atoms with E-state index in [1.807, 2.05) is 6.92 Å². The zero-order chi connectivity index (χ0) is 20.1. The van der Waals surface area contributed by atoms with Gasteiger partial charge in [0.15, 0.2) is 5.69 Å². The van der Waals surface area contributed by atoms with Crippen molar-refractivity contribution in [3.8, 4) is 0 Å². The lowest BCUT2D eigenvalue weighted by molar-refractivity contribution is -0.119. The number of nitrogens with two attached hydrogens (primary N) is 1. The highest BCUT2D eigenvalue weighted by atomic mass is 16.3. The number of amides is 1. The van der Waals surface area contributed by atoms with Crippen LogP contribution in [0.2, 0.25) is 0 Å². The van der Waals surface area contributed by atoms with Crippen molar-refractivity contribution in [3.05, 3.63) is 45.0 Å². The second-order valence-electron chi connectivity index (χ2n) is 7.41. The summed E-state index contributed by atoms with van der Waals surface area (Å²) in [5.41, 5.74) is 5.04. The predicted octanol–water partition coefficient (Wildman–Crippen LogP) is 2.63. The van der Waals surface area contributed by atoms with Gasteiger partial charge in [0.05, 0.1) is 12.8 Å². The van der Waals surface area contributed by atoms with Crippen molar-refractivity contribution in [1.29, 1.82) is 0 Å². The molecule has 1 aliphatic rings. The summed E-state index contributed by atoms with van der Waals surface area (Å²) in [5.74, 6) is 0.706. The van der Waals surface area contributed by atoms with Crippen molar-refractivity contribution in [1.82, 2.24) is 9.55 Å². The highest BCUT2D eigenvalue weighted by molar-refractivity contribution is 5.95. The first-order valence-corrected chi connectivity index (χ1v) is 9.96. The maximum atomic E-state index is 13.1. The van der Waals surface area contributed by atoms with Gasteiger partial charge in [-0.3, -0.25) is 24.0 Å². The summed E-state index contributed by atoms with van der Waals surface area (Å²) < 4.78 is 6.72. The summed E-state index contributed by atoms with van der Waals surface area (Å²) in [6, 6.07) is 3.47. The molecule has 0 saturated heterocycles. The molecular formula is C20H28N4O4. The first kappa shape index (κ1) is 20.0. The molecule has 8 heteroatoms. The summed E-state index contributed by atoms with van der Waals surface area (Å²) in [6.45, 7) is 2.48. The number of nitrogens with zero attached hydrogens (tertiary/aromatic N) is 2. The first-order chi connectivity index (χ1) is 13.5. The molecule has 2 aromatic rings. The number of nitrogens with one attached hydrogen (secondary N) is 1. The smallest absolute Gasteiger partial charge is 0.330 e. The van der Waals surface area contributed by atoms with E-state index in [0.29, 0.717) is 24.6 Å². The molecule has 0 bridgehead atoms. The molecule has 0 spiro atoms. The zero-order valence-electron chi connectivity index (χ0n) is 16.3. The van der Waals surface area contributed by atoms with Crippen molar-refractivity contribution in [2.45, 2.75) is 65.0 Å². The average Bonchev–Trinajstić information content (AvgIpc) is 3.34. The van der Waals surface area contributed by atoms with Crippen LogP contribution in [0, 0.1) is 5.92 Å². The van der Waals surface area contributed by atoms with Crippen LogP contribution in [-0.4, -0.2) is 15.5 Å². The number of furan rings is 1. The van der Waals surface area contributed by atoms with Gasteiger partial charge in [-0.25, -0.2) is 4.79 Å². The third-order valence-corrected chi connectivity index (χ3v) is 5.35. The monoisotopic (exact) mass is 388 g/mol. The van der Waals surface area contributed by atoms with Gasteiger partial charge in [-0.1, -0.05) is 26.2 Å². The van der Waals surface area contributed by atoms with Crippen LogP contribution in [0.15, 0.2) is 32.4 Å². The van der Waals surface area contributed by atoms with Crippen LogP contribution in [0.3, 0.4) is 0 Å². The minimum atomic E-state index is -0.651. The Balaban J connectivity index is 1.99. The van der Waals surface area contributed by atoms with Crippen LogP contribution in [0.4, 0.5) is 11.5 Å². The van der Waals surface area contributed by atoms with Gasteiger partial charge >= 0.3 is 5.69 Å². The quantitative estimate of drug-likeness (QED) is 0.721. The molecule has 0 unspecified atom stereocenters. The molecule has 152 valence electrons. The number of rotatable bonds is 8. The van der Waals surface area contributed by atoms with Gasteiger partial charge in [-0.2, -0.15) is 0 Å². The summed E-state index contributed by atoms with van der Waals surface area (Å²) >= 11 is 0. The highest BCUT2D eigenvalue weighted by Gasteiger charge is 2.28. The predicted molar refractivity (Wildman–Crippen MR) is 107 cm³/mol. The molecule has 1 saturated carbocycles. The molecule has 2 heterocycles. The van der Waals surface area contributed by atoms with Crippen LogP contribution < -0.4 is 21.9 Å². The standard InChI is InChI=1S/C20H28N4O4/c1-2-3-10-23-18(21)17(19(26)22-20(23)27)24(13-15-9-6-11-28-15)16(25)12-14-7-4-5-8-14/h6,9,11,14H,2-5,7-8,10,12-13,21H2,1H3,(H,22,26,27). The number of H-pyrrole nitrogens is 1. The van der Waals surface area contributed by atoms with Crippen LogP contribution in [0.25, 0.3) is 0 Å². The van der Waals surface area contributed by atoms with Gasteiger partial charge in [0.1, 0.15) is 11.6 Å². The van der Waals surface area contributed by atoms with E-state index >= 15 is 0 Å². The largest absolute Gasteiger partial charge is 0.467 e. The van der Waals surface area contributed by atoms with E-state index in [1.54, 1.807) is 12.1 Å². The Labute approximate surface area is 163 Å². The van der Waals surface area contributed by atoms with E-state index < -0.39 is 11.2 Å². The van der Waals surface area contributed by atoms with Gasteiger partial charge in [0.25, 0.3) is 5.56 Å². The van der Waals surface area contributed by atoms with Crippen LogP contribution in [0.1, 0.15) is 57.6 Å². The van der Waals surface area contributed by atoms with Crippen molar-refractivity contribution in [2.24, 2.45) is 5.92 Å². The minimum absolute atomic E-state index is 0.0218. The number of aromatic amines is 1. The SMILES string of the molecule is CCCCn1c(N)c(N(Cc2ccco2)C(=O)CC2CCCC2)c(=O)[nH]c1=O. The minimum Gasteiger partial charge on any atom is -0.467 e. The van der Waals surface area contributed by atoms with E-state index in [-0.39, 0.29) is 24.0 Å². The molecule has 1 aliphatic carbocycles. The van der Waals surface area contributed by atoms with Gasteiger partial charge in [-0.15, -0.1) is 0 Å². The molecule has 1 amide bonds. The fourth-order valence-corrected chi connectivity index (χ4v) is 3.80. The molecule has 0 atom stereocenters. The van der Waals surface area contributed by atoms with Crippen molar-refractivity contribution < 1.29 is 9.21 Å². The Hall–Kier alpha value is -2.77. The molecular weight excluding hydrogens is 360 g/mol. The Morgan fingerprint density at radius 2 is 2.11 bits per heavy atom. The summed E-state index contributed by atoms with van der Waals surface area (Å²) in [4.78, 5) is 41.6. The lowest BCUT2D eigenvalue weighted by Gasteiger charge is -2.25.